The van der Waals surface area contributed by atoms with Gasteiger partial charge in [0.25, 0.3) is 0 Å². The summed E-state index contributed by atoms with van der Waals surface area (Å²) >= 11 is 3.51. The van der Waals surface area contributed by atoms with Gasteiger partial charge in [-0.3, -0.25) is 4.79 Å². The number of ketones is 1. The lowest BCUT2D eigenvalue weighted by atomic mass is 9.68. The predicted octanol–water partition coefficient (Wildman–Crippen LogP) is 4.64. The summed E-state index contributed by atoms with van der Waals surface area (Å²) in [6.45, 7) is 4.32. The number of benzene rings is 2. The van der Waals surface area contributed by atoms with E-state index >= 15 is 0 Å². The quantitative estimate of drug-likeness (QED) is 0.748. The summed E-state index contributed by atoms with van der Waals surface area (Å²) in [6.07, 6.45) is 0.809. The molecule has 3 heteroatoms. The Morgan fingerprint density at radius 3 is 2.64 bits per heavy atom. The van der Waals surface area contributed by atoms with Crippen LogP contribution in [0, 0.1) is 0 Å². The Balaban J connectivity index is 2.00. The second-order valence-corrected chi connectivity index (χ2v) is 7.43. The minimum Gasteiger partial charge on any atom is -0.508 e. The van der Waals surface area contributed by atoms with Gasteiger partial charge in [-0.15, -0.1) is 0 Å². The molecule has 2 nitrogen and oxygen atoms in total. The van der Waals surface area contributed by atoms with Gasteiger partial charge in [-0.25, -0.2) is 0 Å². The predicted molar refractivity (Wildman–Crippen MR) is 90.2 cm³/mol. The molecule has 0 fully saturated rings. The lowest BCUT2D eigenvalue weighted by molar-refractivity contribution is 0.105. The van der Waals surface area contributed by atoms with Gasteiger partial charge in [0.2, 0.25) is 0 Å². The van der Waals surface area contributed by atoms with Gasteiger partial charge in [-0.1, -0.05) is 41.9 Å². The second kappa shape index (κ2) is 4.32. The number of Topliss-reactive ketones (excluding diaryl/α,β-unsaturated/α-hetero) is 1. The molecule has 110 valence electrons. The fourth-order valence-corrected chi connectivity index (χ4v) is 4.16. The topological polar surface area (TPSA) is 37.3 Å². The third-order valence-corrected chi connectivity index (χ3v) is 5.40. The molecule has 0 heterocycles. The van der Waals surface area contributed by atoms with E-state index in [1.807, 2.05) is 18.2 Å². The largest absolute Gasteiger partial charge is 0.508 e. The van der Waals surface area contributed by atoms with Gasteiger partial charge in [-0.05, 0) is 52.9 Å². The van der Waals surface area contributed by atoms with Gasteiger partial charge < -0.3 is 5.11 Å². The van der Waals surface area contributed by atoms with Crippen LogP contribution in [0.3, 0.4) is 0 Å². The first kappa shape index (κ1) is 13.8. The average molecular weight is 355 g/mol. The van der Waals surface area contributed by atoms with Crippen LogP contribution in [0.1, 0.15) is 40.9 Å². The maximum atomic E-state index is 13.0. The van der Waals surface area contributed by atoms with Crippen molar-refractivity contribution in [2.45, 2.75) is 25.7 Å². The van der Waals surface area contributed by atoms with E-state index in [4.69, 9.17) is 0 Å². The molecule has 0 radical (unpaired) electrons. The molecule has 2 aliphatic rings. The molecular weight excluding hydrogens is 340 g/mol. The number of phenolic OH excluding ortho intramolecular Hbond substituents is 1. The minimum atomic E-state index is -0.211. The molecule has 0 unspecified atom stereocenters. The van der Waals surface area contributed by atoms with E-state index in [9.17, 15) is 9.90 Å². The standard InChI is InChI=1S/C19H15BrO2/c1-19(2)15-6-4-12(21)9-14(15)18(22)17-13-5-3-11(20)7-10(13)8-16(17)19/h3-7,9,21H,8H2,1-2H3. The second-order valence-electron chi connectivity index (χ2n) is 6.52. The number of carbonyl (C=O) groups is 1. The third-order valence-electron chi connectivity index (χ3n) is 4.91. The third kappa shape index (κ3) is 1.69. The normalized spacial score (nSPS) is 18.0. The van der Waals surface area contributed by atoms with Gasteiger partial charge in [-0.2, -0.15) is 0 Å². The highest BCUT2D eigenvalue weighted by Gasteiger charge is 2.42. The van der Waals surface area contributed by atoms with Crippen LogP contribution in [0.5, 0.6) is 5.75 Å². The molecule has 0 atom stereocenters. The first-order chi connectivity index (χ1) is 10.4. The zero-order valence-corrected chi connectivity index (χ0v) is 14.0. The maximum absolute atomic E-state index is 13.0. The molecule has 0 amide bonds. The average Bonchev–Trinajstić information content (AvgIpc) is 2.84. The molecule has 2 aromatic rings. The number of fused-ring (bicyclic) bond motifs is 3. The van der Waals surface area contributed by atoms with E-state index in [0.717, 1.165) is 27.6 Å². The van der Waals surface area contributed by atoms with Gasteiger partial charge >= 0.3 is 0 Å². The Morgan fingerprint density at radius 1 is 1.09 bits per heavy atom. The molecule has 0 spiro atoms. The van der Waals surface area contributed by atoms with Crippen LogP contribution < -0.4 is 0 Å². The summed E-state index contributed by atoms with van der Waals surface area (Å²) < 4.78 is 1.03. The van der Waals surface area contributed by atoms with Gasteiger partial charge in [0.05, 0.1) is 0 Å². The lowest BCUT2D eigenvalue weighted by Crippen LogP contribution is -2.29. The van der Waals surface area contributed by atoms with Crippen molar-refractivity contribution in [2.75, 3.05) is 0 Å². The summed E-state index contributed by atoms with van der Waals surface area (Å²) in [6, 6.07) is 11.2. The van der Waals surface area contributed by atoms with Gasteiger partial charge in [0.15, 0.2) is 5.78 Å². The number of aromatic hydroxyl groups is 1. The van der Waals surface area contributed by atoms with Crippen molar-refractivity contribution < 1.29 is 9.90 Å². The zero-order valence-electron chi connectivity index (χ0n) is 12.4. The van der Waals surface area contributed by atoms with E-state index in [2.05, 4.69) is 35.8 Å². The number of hydrogen-bond donors (Lipinski definition) is 1. The van der Waals surface area contributed by atoms with Crippen molar-refractivity contribution in [1.82, 2.24) is 0 Å². The molecule has 1 N–H and O–H groups in total. The van der Waals surface area contributed by atoms with E-state index in [1.165, 1.54) is 11.1 Å². The summed E-state index contributed by atoms with van der Waals surface area (Å²) in [5, 5.41) is 9.77. The number of carbonyl (C=O) groups excluding carboxylic acids is 1. The summed E-state index contributed by atoms with van der Waals surface area (Å²) in [5.74, 6) is 0.169. The first-order valence-corrected chi connectivity index (χ1v) is 8.09. The monoisotopic (exact) mass is 354 g/mol. The van der Waals surface area contributed by atoms with Crippen LogP contribution in [-0.2, 0) is 11.8 Å². The molecule has 0 aromatic heterocycles. The van der Waals surface area contributed by atoms with Crippen molar-refractivity contribution in [3.8, 4) is 5.75 Å². The van der Waals surface area contributed by atoms with Crippen molar-refractivity contribution in [3.05, 3.63) is 68.7 Å². The highest BCUT2D eigenvalue weighted by molar-refractivity contribution is 9.10. The van der Waals surface area contributed by atoms with Crippen molar-refractivity contribution >= 4 is 27.3 Å². The molecule has 2 aliphatic carbocycles. The number of phenols is 1. The van der Waals surface area contributed by atoms with Crippen LogP contribution in [0.4, 0.5) is 0 Å². The molecule has 0 aliphatic heterocycles. The SMILES string of the molecule is CC1(C)C2=C(C(=O)c3cc(O)ccc31)c1ccc(Br)cc1C2. The van der Waals surface area contributed by atoms with Gasteiger partial charge in [0.1, 0.15) is 5.75 Å². The van der Waals surface area contributed by atoms with Crippen LogP contribution >= 0.6 is 15.9 Å². The van der Waals surface area contributed by atoms with Crippen molar-refractivity contribution in [2.24, 2.45) is 0 Å². The molecule has 2 aromatic carbocycles. The molecule has 22 heavy (non-hydrogen) atoms. The summed E-state index contributed by atoms with van der Waals surface area (Å²) in [4.78, 5) is 13.0. The fraction of sp³-hybridized carbons (Fsp3) is 0.211. The Hall–Kier alpha value is -1.87. The number of hydrogen-bond acceptors (Lipinski definition) is 2. The first-order valence-electron chi connectivity index (χ1n) is 7.30. The van der Waals surface area contributed by atoms with E-state index < -0.39 is 0 Å². The number of rotatable bonds is 0. The highest BCUT2D eigenvalue weighted by Crippen LogP contribution is 2.50. The summed E-state index contributed by atoms with van der Waals surface area (Å²) in [5.41, 5.74) is 5.65. The van der Waals surface area contributed by atoms with Crippen LogP contribution in [0.2, 0.25) is 0 Å². The number of halogens is 1. The van der Waals surface area contributed by atoms with Gasteiger partial charge in [0, 0.05) is 21.0 Å². The molecule has 0 bridgehead atoms. The van der Waals surface area contributed by atoms with E-state index in [0.29, 0.717) is 5.56 Å². The van der Waals surface area contributed by atoms with E-state index in [1.54, 1.807) is 12.1 Å². The molecule has 0 saturated carbocycles. The molecule has 0 saturated heterocycles. The van der Waals surface area contributed by atoms with Crippen molar-refractivity contribution in [1.29, 1.82) is 0 Å². The van der Waals surface area contributed by atoms with Crippen LogP contribution in [0.15, 0.2) is 46.4 Å². The Labute approximate surface area is 137 Å². The smallest absolute Gasteiger partial charge is 0.194 e. The minimum absolute atomic E-state index is 0.0290. The zero-order chi connectivity index (χ0) is 15.6. The Bertz CT molecular complexity index is 875. The Kier molecular flexibility index (Phi) is 2.71. The van der Waals surface area contributed by atoms with Crippen LogP contribution in [-0.4, -0.2) is 10.9 Å². The number of allylic oxidation sites excluding steroid dienone is 2. The Morgan fingerprint density at radius 2 is 1.86 bits per heavy atom. The molecular formula is C19H15BrO2. The van der Waals surface area contributed by atoms with Crippen molar-refractivity contribution in [3.63, 3.8) is 0 Å². The maximum Gasteiger partial charge on any atom is 0.194 e. The summed E-state index contributed by atoms with van der Waals surface area (Å²) in [7, 11) is 0. The molecule has 4 rings (SSSR count). The lowest BCUT2D eigenvalue weighted by Gasteiger charge is -2.34. The highest BCUT2D eigenvalue weighted by atomic mass is 79.9. The fourth-order valence-electron chi connectivity index (χ4n) is 3.75. The van der Waals surface area contributed by atoms with E-state index in [-0.39, 0.29) is 16.9 Å². The van der Waals surface area contributed by atoms with Crippen LogP contribution in [0.25, 0.3) is 5.57 Å².